The van der Waals surface area contributed by atoms with Crippen molar-refractivity contribution in [3.63, 3.8) is 0 Å². The molecule has 1 nitrogen and oxygen atoms in total. The molecule has 0 saturated heterocycles. The standard InChI is InChI=1S/C32H63N/c1-5-8-10-12-14-15-16-17-18-19-20-21-22-23-25-27-29-31-32(33(4)7-3)30-28-26-24-13-11-9-6-2/h14-15,17-18,32H,5-13,16,19-31H2,1-4H3. The van der Waals surface area contributed by atoms with Crippen molar-refractivity contribution in [2.24, 2.45) is 0 Å². The van der Waals surface area contributed by atoms with Crippen LogP contribution >= 0.6 is 0 Å². The summed E-state index contributed by atoms with van der Waals surface area (Å²) in [5.74, 6) is 0. The highest BCUT2D eigenvalue weighted by Gasteiger charge is 2.12. The molecule has 196 valence electrons. The summed E-state index contributed by atoms with van der Waals surface area (Å²) in [5.41, 5.74) is 0. The van der Waals surface area contributed by atoms with E-state index in [2.05, 4.69) is 57.0 Å². The van der Waals surface area contributed by atoms with Gasteiger partial charge in [-0.15, -0.1) is 0 Å². The second kappa shape index (κ2) is 27.7. The van der Waals surface area contributed by atoms with E-state index in [4.69, 9.17) is 0 Å². The van der Waals surface area contributed by atoms with E-state index in [1.54, 1.807) is 0 Å². The zero-order valence-corrected chi connectivity index (χ0v) is 23.6. The topological polar surface area (TPSA) is 3.24 Å². The van der Waals surface area contributed by atoms with Crippen LogP contribution in [0.4, 0.5) is 0 Å². The van der Waals surface area contributed by atoms with Gasteiger partial charge in [0.15, 0.2) is 0 Å². The molecule has 0 heterocycles. The second-order valence-electron chi connectivity index (χ2n) is 10.4. The maximum absolute atomic E-state index is 2.60. The number of allylic oxidation sites excluding steroid dienone is 4. The molecule has 0 saturated carbocycles. The van der Waals surface area contributed by atoms with Crippen molar-refractivity contribution >= 4 is 0 Å². The predicted molar refractivity (Wildman–Crippen MR) is 153 cm³/mol. The first-order valence-electron chi connectivity index (χ1n) is 15.3. The highest BCUT2D eigenvalue weighted by molar-refractivity contribution is 4.92. The van der Waals surface area contributed by atoms with E-state index in [1.165, 1.54) is 141 Å². The van der Waals surface area contributed by atoms with Crippen LogP contribution in [0.1, 0.15) is 162 Å². The van der Waals surface area contributed by atoms with Crippen LogP contribution in [-0.2, 0) is 0 Å². The summed E-state index contributed by atoms with van der Waals surface area (Å²) in [5, 5.41) is 0. The van der Waals surface area contributed by atoms with Gasteiger partial charge in [0, 0.05) is 6.04 Å². The minimum absolute atomic E-state index is 0.823. The molecule has 0 spiro atoms. The quantitative estimate of drug-likeness (QED) is 0.0914. The monoisotopic (exact) mass is 461 g/mol. The largest absolute Gasteiger partial charge is 0.304 e. The molecular weight excluding hydrogens is 398 g/mol. The first kappa shape index (κ1) is 32.4. The van der Waals surface area contributed by atoms with E-state index < -0.39 is 0 Å². The van der Waals surface area contributed by atoms with Gasteiger partial charge in [-0.1, -0.05) is 141 Å². The molecule has 0 amide bonds. The Kier molecular flexibility index (Phi) is 27.2. The summed E-state index contributed by atoms with van der Waals surface area (Å²) in [4.78, 5) is 2.60. The molecule has 0 aromatic heterocycles. The Morgan fingerprint density at radius 3 is 1.36 bits per heavy atom. The molecule has 0 aromatic carbocycles. The predicted octanol–water partition coefficient (Wildman–Crippen LogP) is 11.0. The molecule has 1 unspecified atom stereocenters. The van der Waals surface area contributed by atoms with Crippen molar-refractivity contribution in [1.29, 1.82) is 0 Å². The number of unbranched alkanes of at least 4 members (excludes halogenated alkanes) is 16. The van der Waals surface area contributed by atoms with Crippen molar-refractivity contribution < 1.29 is 0 Å². The zero-order chi connectivity index (χ0) is 24.2. The number of hydrogen-bond donors (Lipinski definition) is 0. The van der Waals surface area contributed by atoms with E-state index in [9.17, 15) is 0 Å². The molecule has 0 rings (SSSR count). The van der Waals surface area contributed by atoms with Crippen LogP contribution in [0, 0.1) is 0 Å². The van der Waals surface area contributed by atoms with Crippen molar-refractivity contribution in [3.8, 4) is 0 Å². The average molecular weight is 462 g/mol. The lowest BCUT2D eigenvalue weighted by molar-refractivity contribution is 0.219. The fourth-order valence-electron chi connectivity index (χ4n) is 4.73. The lowest BCUT2D eigenvalue weighted by Gasteiger charge is -2.27. The number of nitrogens with zero attached hydrogens (tertiary/aromatic N) is 1. The highest BCUT2D eigenvalue weighted by atomic mass is 15.1. The molecule has 0 aliphatic rings. The molecule has 1 atom stereocenters. The summed E-state index contributed by atoms with van der Waals surface area (Å²) >= 11 is 0. The van der Waals surface area contributed by atoms with Gasteiger partial charge in [0.1, 0.15) is 0 Å². The van der Waals surface area contributed by atoms with Crippen LogP contribution in [0.3, 0.4) is 0 Å². The van der Waals surface area contributed by atoms with Crippen molar-refractivity contribution in [1.82, 2.24) is 4.90 Å². The molecule has 0 bridgehead atoms. The molecule has 33 heavy (non-hydrogen) atoms. The third-order valence-electron chi connectivity index (χ3n) is 7.25. The van der Waals surface area contributed by atoms with Crippen molar-refractivity contribution in [2.45, 2.75) is 168 Å². The minimum Gasteiger partial charge on any atom is -0.304 e. The van der Waals surface area contributed by atoms with Gasteiger partial charge in [-0.25, -0.2) is 0 Å². The summed E-state index contributed by atoms with van der Waals surface area (Å²) in [7, 11) is 2.34. The first-order chi connectivity index (χ1) is 16.3. The molecular formula is C32H63N. The Balaban J connectivity index is 3.56. The van der Waals surface area contributed by atoms with Gasteiger partial charge in [0.2, 0.25) is 0 Å². The molecule has 0 fully saturated rings. The Morgan fingerprint density at radius 2 is 0.879 bits per heavy atom. The zero-order valence-electron chi connectivity index (χ0n) is 23.6. The lowest BCUT2D eigenvalue weighted by Crippen LogP contribution is -2.31. The maximum Gasteiger partial charge on any atom is 0.00920 e. The van der Waals surface area contributed by atoms with Crippen LogP contribution in [0.25, 0.3) is 0 Å². The molecule has 0 radical (unpaired) electrons. The van der Waals surface area contributed by atoms with Gasteiger partial charge < -0.3 is 4.90 Å². The number of hydrogen-bond acceptors (Lipinski definition) is 1. The number of rotatable bonds is 26. The highest BCUT2D eigenvalue weighted by Crippen LogP contribution is 2.18. The molecule has 0 aliphatic heterocycles. The van der Waals surface area contributed by atoms with E-state index >= 15 is 0 Å². The Bertz CT molecular complexity index is 411. The first-order valence-corrected chi connectivity index (χ1v) is 15.3. The molecule has 1 heteroatoms. The smallest absolute Gasteiger partial charge is 0.00920 e. The summed E-state index contributed by atoms with van der Waals surface area (Å²) in [6.07, 6.45) is 40.0. The minimum atomic E-state index is 0.823. The van der Waals surface area contributed by atoms with Gasteiger partial charge >= 0.3 is 0 Å². The fourth-order valence-corrected chi connectivity index (χ4v) is 4.73. The van der Waals surface area contributed by atoms with Crippen LogP contribution in [0.5, 0.6) is 0 Å². The lowest BCUT2D eigenvalue weighted by atomic mass is 9.99. The van der Waals surface area contributed by atoms with Gasteiger partial charge in [-0.05, 0) is 58.5 Å². The summed E-state index contributed by atoms with van der Waals surface area (Å²) in [6, 6.07) is 0.823. The van der Waals surface area contributed by atoms with Crippen LogP contribution in [0.2, 0.25) is 0 Å². The summed E-state index contributed by atoms with van der Waals surface area (Å²) in [6.45, 7) is 8.09. The van der Waals surface area contributed by atoms with Crippen LogP contribution < -0.4 is 0 Å². The Labute approximate surface area is 210 Å². The van der Waals surface area contributed by atoms with E-state index in [0.29, 0.717) is 0 Å². The Morgan fingerprint density at radius 1 is 0.485 bits per heavy atom. The van der Waals surface area contributed by atoms with Crippen molar-refractivity contribution in [2.75, 3.05) is 13.6 Å². The third kappa shape index (κ3) is 24.4. The Hall–Kier alpha value is -0.560. The SMILES string of the molecule is CCCCCC=CCC=CCCCCCCCCCC(CCCCCCCCC)N(C)CC. The van der Waals surface area contributed by atoms with Crippen molar-refractivity contribution in [3.05, 3.63) is 24.3 Å². The van der Waals surface area contributed by atoms with Gasteiger partial charge in [-0.2, -0.15) is 0 Å². The van der Waals surface area contributed by atoms with E-state index in [1.807, 2.05) is 0 Å². The van der Waals surface area contributed by atoms with E-state index in [0.717, 1.165) is 12.5 Å². The molecule has 0 aliphatic carbocycles. The maximum atomic E-state index is 2.60. The van der Waals surface area contributed by atoms with Gasteiger partial charge in [0.25, 0.3) is 0 Å². The summed E-state index contributed by atoms with van der Waals surface area (Å²) < 4.78 is 0. The van der Waals surface area contributed by atoms with Gasteiger partial charge in [0.05, 0.1) is 0 Å². The van der Waals surface area contributed by atoms with E-state index in [-0.39, 0.29) is 0 Å². The molecule has 0 aromatic rings. The molecule has 0 N–H and O–H groups in total. The average Bonchev–Trinajstić information content (AvgIpc) is 2.83. The fraction of sp³-hybridized carbons (Fsp3) is 0.875. The normalized spacial score (nSPS) is 13.1. The third-order valence-corrected chi connectivity index (χ3v) is 7.25. The van der Waals surface area contributed by atoms with Crippen LogP contribution in [-0.4, -0.2) is 24.5 Å². The van der Waals surface area contributed by atoms with Gasteiger partial charge in [-0.3, -0.25) is 0 Å². The second-order valence-corrected chi connectivity index (χ2v) is 10.4. The van der Waals surface area contributed by atoms with Crippen LogP contribution in [0.15, 0.2) is 24.3 Å².